The average molecular weight is 828 g/mol. The van der Waals surface area contributed by atoms with Gasteiger partial charge in [-0.05, 0) is 107 Å². The number of aliphatic hydroxyl groups excluding tert-OH is 2. The van der Waals surface area contributed by atoms with E-state index in [1.54, 1.807) is 42.2 Å². The second-order valence-electron chi connectivity index (χ2n) is 16.0. The van der Waals surface area contributed by atoms with Crippen molar-refractivity contribution in [3.8, 4) is 11.5 Å². The lowest BCUT2D eigenvalue weighted by molar-refractivity contribution is -0.256. The third kappa shape index (κ3) is 10.7. The van der Waals surface area contributed by atoms with E-state index in [2.05, 4.69) is 18.0 Å². The van der Waals surface area contributed by atoms with Crippen molar-refractivity contribution in [2.24, 2.45) is 22.9 Å². The molecule has 0 bridgehead atoms. The molecule has 12 nitrogen and oxygen atoms in total. The minimum atomic E-state index is -1.56. The number of benzene rings is 2. The number of hydrogen-bond acceptors (Lipinski definition) is 10. The second kappa shape index (κ2) is 20.7. The minimum Gasteiger partial charge on any atom is -0.459 e. The number of alkyl halides is 1. The van der Waals surface area contributed by atoms with Gasteiger partial charge in [0, 0.05) is 44.2 Å². The lowest BCUT2D eigenvalue weighted by atomic mass is 9.55. The molecule has 0 aromatic heterocycles. The van der Waals surface area contributed by atoms with Crippen LogP contribution in [-0.2, 0) is 20.9 Å². The van der Waals surface area contributed by atoms with Crippen molar-refractivity contribution in [2.45, 2.75) is 103 Å². The van der Waals surface area contributed by atoms with Crippen molar-refractivity contribution in [3.63, 3.8) is 0 Å². The van der Waals surface area contributed by atoms with Crippen molar-refractivity contribution in [3.05, 3.63) is 83.7 Å². The Morgan fingerprint density at radius 3 is 2.48 bits per heavy atom. The number of nitrogens with zero attached hydrogens (tertiary/aromatic N) is 2. The molecule has 0 radical (unpaired) electrons. The van der Waals surface area contributed by atoms with Crippen molar-refractivity contribution in [1.82, 2.24) is 10.2 Å². The zero-order valence-corrected chi connectivity index (χ0v) is 34.8. The molecule has 14 heteroatoms. The molecule has 2 aromatic rings. The van der Waals surface area contributed by atoms with Gasteiger partial charge in [-0.15, -0.1) is 18.2 Å². The zero-order valence-electron chi connectivity index (χ0n) is 34.1. The molecule has 0 spiro atoms. The Kier molecular flexibility index (Phi) is 16.0. The summed E-state index contributed by atoms with van der Waals surface area (Å²) in [6.45, 7) is 12.0. The highest BCUT2D eigenvalue weighted by molar-refractivity contribution is 6.18. The minimum absolute atomic E-state index is 0.00194. The molecule has 2 amide bonds. The number of fused-ring (bicyclic) bond motifs is 2. The topological polar surface area (TPSA) is 148 Å². The fraction of sp³-hybridized carbons (Fsp3) is 0.568. The Bertz CT molecular complexity index is 1770. The average Bonchev–Trinajstić information content (AvgIpc) is 3.19. The lowest BCUT2D eigenvalue weighted by Crippen LogP contribution is -2.70. The van der Waals surface area contributed by atoms with Gasteiger partial charge in [0.25, 0.3) is 0 Å². The normalized spacial score (nSPS) is 24.1. The summed E-state index contributed by atoms with van der Waals surface area (Å²) in [7, 11) is 0. The summed E-state index contributed by atoms with van der Waals surface area (Å²) in [6, 6.07) is 10.3. The van der Waals surface area contributed by atoms with E-state index in [1.165, 1.54) is 12.1 Å². The summed E-state index contributed by atoms with van der Waals surface area (Å²) in [4.78, 5) is 34.8. The number of oxime groups is 1. The predicted octanol–water partition coefficient (Wildman–Crippen LogP) is 8.24. The van der Waals surface area contributed by atoms with Gasteiger partial charge in [0.2, 0.25) is 5.79 Å². The van der Waals surface area contributed by atoms with Crippen LogP contribution in [0.5, 0.6) is 11.5 Å². The van der Waals surface area contributed by atoms with Crippen molar-refractivity contribution < 1.29 is 48.0 Å². The van der Waals surface area contributed by atoms with E-state index in [1.807, 2.05) is 26.8 Å². The molecule has 2 aromatic carbocycles. The quantitative estimate of drug-likeness (QED) is 0.0551. The van der Waals surface area contributed by atoms with Crippen LogP contribution in [0.1, 0.15) is 89.7 Å². The van der Waals surface area contributed by atoms with Gasteiger partial charge >= 0.3 is 12.2 Å². The van der Waals surface area contributed by atoms with E-state index >= 15 is 0 Å². The lowest BCUT2D eigenvalue weighted by Gasteiger charge is -2.60. The first-order valence-corrected chi connectivity index (χ1v) is 20.9. The Morgan fingerprint density at radius 2 is 1.83 bits per heavy atom. The number of carbonyl (C=O) groups excluding carboxylic acids is 2. The first kappa shape index (κ1) is 44.9. The van der Waals surface area contributed by atoms with Crippen LogP contribution in [0.15, 0.2) is 71.9 Å². The van der Waals surface area contributed by atoms with Crippen LogP contribution in [0.4, 0.5) is 14.0 Å². The number of halogens is 2. The van der Waals surface area contributed by atoms with Gasteiger partial charge in [-0.3, -0.25) is 4.90 Å². The number of hydrogen-bond donors (Lipinski definition) is 3. The van der Waals surface area contributed by atoms with Crippen LogP contribution in [0.2, 0.25) is 0 Å². The zero-order chi connectivity index (χ0) is 41.9. The Labute approximate surface area is 346 Å². The summed E-state index contributed by atoms with van der Waals surface area (Å²) in [5.41, 5.74) is 2.22. The molecule has 0 unspecified atom stereocenters. The number of rotatable bonds is 19. The first-order valence-electron chi connectivity index (χ1n) is 20.4. The molecule has 5 rings (SSSR count). The molecule has 0 saturated heterocycles. The maximum absolute atomic E-state index is 14.4. The molecular formula is C44H59ClFN3O9. The van der Waals surface area contributed by atoms with Crippen LogP contribution in [0, 0.1) is 23.6 Å². The number of ether oxygens (including phenoxy) is 4. The van der Waals surface area contributed by atoms with Crippen LogP contribution in [0.25, 0.3) is 0 Å². The summed E-state index contributed by atoms with van der Waals surface area (Å²) < 4.78 is 39.8. The van der Waals surface area contributed by atoms with Crippen molar-refractivity contribution in [1.29, 1.82) is 0 Å². The fourth-order valence-corrected chi connectivity index (χ4v) is 8.57. The smallest absolute Gasteiger partial charge is 0.412 e. The SMILES string of the molecule is C=CCO[C@@]12Oc3ccc(OC(=O)NCC)cc3[C@H]3[C@H](CCCCO)[C@@H](CCCCO)C=C(C(=NOC(C)(C)C)C[C@@H]1N(Cc1ccc(F)cc1)C(=O)OCCCl)[C@H]32. The Balaban J connectivity index is 1.82. The van der Waals surface area contributed by atoms with E-state index in [4.69, 9.17) is 40.5 Å². The van der Waals surface area contributed by atoms with E-state index in [0.717, 1.165) is 36.8 Å². The van der Waals surface area contributed by atoms with Gasteiger partial charge < -0.3 is 39.3 Å². The van der Waals surface area contributed by atoms with Crippen LogP contribution in [0.3, 0.4) is 0 Å². The van der Waals surface area contributed by atoms with Gasteiger partial charge in [0.05, 0.1) is 24.1 Å². The highest BCUT2D eigenvalue weighted by Crippen LogP contribution is 2.62. The molecule has 1 saturated carbocycles. The number of unbranched alkanes of at least 4 members (excludes halogenated alkanes) is 2. The summed E-state index contributed by atoms with van der Waals surface area (Å²) >= 11 is 6.03. The standard InChI is InChI=1S/C44H59ClFN3O9/c1-6-23-55-44-38(49(42(53)54-24-20-45)28-29-14-16-31(46)17-15-29)27-36(48-58-43(3,4)5)34-25-30(12-8-10-21-50)33(13-9-11-22-51)39(40(34)44)35-26-32(18-19-37(35)57-44)56-41(52)47-7-2/h6,14-19,25-26,30,33,38-40,50-51H,1,7-13,20-24,27-28H2,2-5H3,(H,47,52)/t30-,33+,38-,39+,40+,44+/m0/s1. The molecule has 58 heavy (non-hydrogen) atoms. The fourth-order valence-electron chi connectivity index (χ4n) is 8.49. The number of carbonyl (C=O) groups is 2. The summed E-state index contributed by atoms with van der Waals surface area (Å²) in [5.74, 6) is -2.10. The number of allylic oxidation sites excluding steroid dienone is 1. The highest BCUT2D eigenvalue weighted by atomic mass is 35.5. The van der Waals surface area contributed by atoms with Crippen molar-refractivity contribution >= 4 is 29.5 Å². The molecule has 6 atom stereocenters. The number of aliphatic hydroxyl groups is 2. The van der Waals surface area contributed by atoms with E-state index in [0.29, 0.717) is 42.2 Å². The molecule has 3 aliphatic rings. The molecule has 1 heterocycles. The monoisotopic (exact) mass is 827 g/mol. The molecular weight excluding hydrogens is 769 g/mol. The van der Waals surface area contributed by atoms with E-state index < -0.39 is 41.4 Å². The maximum atomic E-state index is 14.4. The van der Waals surface area contributed by atoms with Gasteiger partial charge in [0.1, 0.15) is 35.6 Å². The molecule has 3 N–H and O–H groups in total. The van der Waals surface area contributed by atoms with Gasteiger partial charge in [-0.25, -0.2) is 14.0 Å². The predicted molar refractivity (Wildman–Crippen MR) is 220 cm³/mol. The first-order chi connectivity index (χ1) is 27.9. The molecule has 2 aliphatic carbocycles. The third-order valence-electron chi connectivity index (χ3n) is 10.8. The van der Waals surface area contributed by atoms with Crippen LogP contribution < -0.4 is 14.8 Å². The van der Waals surface area contributed by atoms with E-state index in [9.17, 15) is 24.2 Å². The van der Waals surface area contributed by atoms with Crippen LogP contribution in [-0.4, -0.2) is 89.3 Å². The van der Waals surface area contributed by atoms with Gasteiger partial charge in [0.15, 0.2) is 0 Å². The largest absolute Gasteiger partial charge is 0.459 e. The maximum Gasteiger partial charge on any atom is 0.412 e. The van der Waals surface area contributed by atoms with Gasteiger partial charge in [-0.1, -0.05) is 42.3 Å². The third-order valence-corrected chi connectivity index (χ3v) is 10.9. The highest BCUT2D eigenvalue weighted by Gasteiger charge is 2.65. The van der Waals surface area contributed by atoms with Crippen LogP contribution >= 0.6 is 11.6 Å². The second-order valence-corrected chi connectivity index (χ2v) is 16.3. The summed E-state index contributed by atoms with van der Waals surface area (Å²) in [5, 5.41) is 27.2. The Morgan fingerprint density at radius 1 is 1.10 bits per heavy atom. The Hall–Kier alpha value is -4.17. The van der Waals surface area contributed by atoms with Crippen molar-refractivity contribution in [2.75, 3.05) is 38.9 Å². The van der Waals surface area contributed by atoms with E-state index in [-0.39, 0.29) is 63.0 Å². The molecule has 318 valence electrons. The molecule has 1 aliphatic heterocycles. The summed E-state index contributed by atoms with van der Waals surface area (Å²) in [6.07, 6.45) is 6.96. The van der Waals surface area contributed by atoms with Gasteiger partial charge in [-0.2, -0.15) is 0 Å². The number of nitrogens with one attached hydrogen (secondary N) is 1. The number of amides is 2. The molecule has 1 fully saturated rings.